The van der Waals surface area contributed by atoms with Crippen LogP contribution in [0.2, 0.25) is 0 Å². The highest BCUT2D eigenvalue weighted by Crippen LogP contribution is 2.19. The summed E-state index contributed by atoms with van der Waals surface area (Å²) < 4.78 is 0. The highest BCUT2D eigenvalue weighted by molar-refractivity contribution is 7.80. The Balaban J connectivity index is 3.31. The number of rotatable bonds is 1. The maximum Gasteiger partial charge on any atom is 0.335 e. The minimum atomic E-state index is -0.909. The van der Waals surface area contributed by atoms with Gasteiger partial charge in [-0.2, -0.15) is 0 Å². The molecule has 2 nitrogen and oxygen atoms in total. The van der Waals surface area contributed by atoms with Gasteiger partial charge in [0.25, 0.3) is 0 Å². The van der Waals surface area contributed by atoms with E-state index < -0.39 is 5.97 Å². The molecule has 0 radical (unpaired) electrons. The molecule has 12 heavy (non-hydrogen) atoms. The van der Waals surface area contributed by atoms with E-state index >= 15 is 0 Å². The number of thiol groups is 1. The maximum atomic E-state index is 10.6. The van der Waals surface area contributed by atoms with Gasteiger partial charge in [-0.05, 0) is 37.1 Å². The van der Waals surface area contributed by atoms with Crippen LogP contribution in [0.3, 0.4) is 0 Å². The molecule has 0 aliphatic carbocycles. The minimum absolute atomic E-state index is 0.295. The summed E-state index contributed by atoms with van der Waals surface area (Å²) in [6.07, 6.45) is 0. The Labute approximate surface area is 76.6 Å². The van der Waals surface area contributed by atoms with Gasteiger partial charge < -0.3 is 5.11 Å². The van der Waals surface area contributed by atoms with Gasteiger partial charge in [0.05, 0.1) is 5.56 Å². The van der Waals surface area contributed by atoms with Gasteiger partial charge >= 0.3 is 5.97 Å². The molecule has 1 aromatic carbocycles. The van der Waals surface area contributed by atoms with Gasteiger partial charge in [-0.25, -0.2) is 4.79 Å². The van der Waals surface area contributed by atoms with E-state index in [0.717, 1.165) is 16.0 Å². The van der Waals surface area contributed by atoms with Crippen LogP contribution >= 0.6 is 12.6 Å². The van der Waals surface area contributed by atoms with Crippen LogP contribution in [-0.2, 0) is 0 Å². The zero-order chi connectivity index (χ0) is 9.30. The molecule has 0 bridgehead atoms. The van der Waals surface area contributed by atoms with Crippen LogP contribution in [-0.4, -0.2) is 11.1 Å². The van der Waals surface area contributed by atoms with E-state index in [9.17, 15) is 4.79 Å². The van der Waals surface area contributed by atoms with Gasteiger partial charge in [0.15, 0.2) is 0 Å². The van der Waals surface area contributed by atoms with Gasteiger partial charge in [0.2, 0.25) is 0 Å². The molecule has 0 unspecified atom stereocenters. The Morgan fingerprint density at radius 2 is 2.00 bits per heavy atom. The zero-order valence-corrected chi connectivity index (χ0v) is 7.85. The molecule has 0 aromatic heterocycles. The van der Waals surface area contributed by atoms with E-state index in [0.29, 0.717) is 5.56 Å². The molecule has 0 aliphatic heterocycles. The minimum Gasteiger partial charge on any atom is -0.478 e. The number of carboxylic acids is 1. The Morgan fingerprint density at radius 1 is 1.42 bits per heavy atom. The molecule has 1 aromatic rings. The zero-order valence-electron chi connectivity index (χ0n) is 6.96. The highest BCUT2D eigenvalue weighted by Gasteiger charge is 2.06. The third-order valence-corrected chi connectivity index (χ3v) is 2.35. The van der Waals surface area contributed by atoms with E-state index in [2.05, 4.69) is 12.6 Å². The highest BCUT2D eigenvalue weighted by atomic mass is 32.1. The fourth-order valence-electron chi connectivity index (χ4n) is 0.964. The molecule has 0 aliphatic rings. The lowest BCUT2D eigenvalue weighted by molar-refractivity contribution is 0.0696. The Hall–Kier alpha value is -0.960. The summed E-state index contributed by atoms with van der Waals surface area (Å²) in [6, 6.07) is 3.21. The third-order valence-electron chi connectivity index (χ3n) is 1.89. The summed E-state index contributed by atoms with van der Waals surface area (Å²) in [5.74, 6) is -0.909. The largest absolute Gasteiger partial charge is 0.478 e. The lowest BCUT2D eigenvalue weighted by Crippen LogP contribution is -1.98. The number of carboxylic acid groups (broad SMARTS) is 1. The number of aromatic carboxylic acids is 1. The summed E-state index contributed by atoms with van der Waals surface area (Å²) in [6.45, 7) is 3.80. The van der Waals surface area contributed by atoms with Crippen LogP contribution in [0.25, 0.3) is 0 Å². The van der Waals surface area contributed by atoms with E-state index in [1.54, 1.807) is 12.1 Å². The summed E-state index contributed by atoms with van der Waals surface area (Å²) >= 11 is 4.17. The molecular formula is C9H10O2S. The Morgan fingerprint density at radius 3 is 2.42 bits per heavy atom. The first kappa shape index (κ1) is 9.13. The standard InChI is InChI=1S/C9H10O2S/c1-5-3-7(9(10)11)4-8(12)6(5)2/h3-4,12H,1-2H3,(H,10,11). The number of hydrogen-bond donors (Lipinski definition) is 2. The van der Waals surface area contributed by atoms with Crippen molar-refractivity contribution in [1.82, 2.24) is 0 Å². The van der Waals surface area contributed by atoms with Crippen LogP contribution < -0.4 is 0 Å². The lowest BCUT2D eigenvalue weighted by Gasteiger charge is -2.04. The van der Waals surface area contributed by atoms with Crippen molar-refractivity contribution in [3.63, 3.8) is 0 Å². The second-order valence-corrected chi connectivity index (χ2v) is 3.22. The smallest absolute Gasteiger partial charge is 0.335 e. The van der Waals surface area contributed by atoms with Crippen molar-refractivity contribution in [2.45, 2.75) is 18.7 Å². The van der Waals surface area contributed by atoms with E-state index in [-0.39, 0.29) is 0 Å². The van der Waals surface area contributed by atoms with Crippen LogP contribution in [0.15, 0.2) is 17.0 Å². The van der Waals surface area contributed by atoms with Crippen molar-refractivity contribution >= 4 is 18.6 Å². The number of hydrogen-bond acceptors (Lipinski definition) is 2. The van der Waals surface area contributed by atoms with Gasteiger partial charge in [-0.3, -0.25) is 0 Å². The number of aryl methyl sites for hydroxylation is 1. The first-order valence-electron chi connectivity index (χ1n) is 3.56. The van der Waals surface area contributed by atoms with E-state index in [4.69, 9.17) is 5.11 Å². The lowest BCUT2D eigenvalue weighted by atomic mass is 10.1. The van der Waals surface area contributed by atoms with E-state index in [1.807, 2.05) is 13.8 Å². The molecule has 3 heteroatoms. The second-order valence-electron chi connectivity index (χ2n) is 2.74. The molecule has 0 heterocycles. The Bertz CT molecular complexity index is 308. The average Bonchev–Trinajstić information content (AvgIpc) is 1.99. The molecule has 0 fully saturated rings. The Kier molecular flexibility index (Phi) is 2.43. The summed E-state index contributed by atoms with van der Waals surface area (Å²) in [7, 11) is 0. The number of benzene rings is 1. The molecule has 64 valence electrons. The van der Waals surface area contributed by atoms with E-state index in [1.165, 1.54) is 0 Å². The van der Waals surface area contributed by atoms with Crippen molar-refractivity contribution in [3.8, 4) is 0 Å². The van der Waals surface area contributed by atoms with Gasteiger partial charge in [-0.15, -0.1) is 12.6 Å². The van der Waals surface area contributed by atoms with Crippen LogP contribution in [0.5, 0.6) is 0 Å². The summed E-state index contributed by atoms with van der Waals surface area (Å²) in [5, 5.41) is 8.69. The monoisotopic (exact) mass is 182 g/mol. The molecule has 1 N–H and O–H groups in total. The molecule has 1 rings (SSSR count). The van der Waals surface area contributed by atoms with Crippen LogP contribution in [0.1, 0.15) is 21.5 Å². The fraction of sp³-hybridized carbons (Fsp3) is 0.222. The summed E-state index contributed by atoms with van der Waals surface area (Å²) in [4.78, 5) is 11.3. The van der Waals surface area contributed by atoms with Crippen molar-refractivity contribution in [2.24, 2.45) is 0 Å². The van der Waals surface area contributed by atoms with Gasteiger partial charge in [0, 0.05) is 4.90 Å². The van der Waals surface area contributed by atoms with Crippen molar-refractivity contribution < 1.29 is 9.90 Å². The molecule has 0 atom stereocenters. The second kappa shape index (κ2) is 3.19. The molecular weight excluding hydrogens is 172 g/mol. The number of carbonyl (C=O) groups is 1. The predicted octanol–water partition coefficient (Wildman–Crippen LogP) is 2.29. The van der Waals surface area contributed by atoms with Crippen LogP contribution in [0, 0.1) is 13.8 Å². The molecule has 0 saturated carbocycles. The fourth-order valence-corrected chi connectivity index (χ4v) is 1.28. The quantitative estimate of drug-likeness (QED) is 0.654. The van der Waals surface area contributed by atoms with Crippen molar-refractivity contribution in [1.29, 1.82) is 0 Å². The van der Waals surface area contributed by atoms with Crippen molar-refractivity contribution in [3.05, 3.63) is 28.8 Å². The average molecular weight is 182 g/mol. The van der Waals surface area contributed by atoms with Crippen molar-refractivity contribution in [2.75, 3.05) is 0 Å². The van der Waals surface area contributed by atoms with Gasteiger partial charge in [-0.1, -0.05) is 0 Å². The molecule has 0 amide bonds. The first-order valence-corrected chi connectivity index (χ1v) is 4.00. The molecule has 0 saturated heterocycles. The third kappa shape index (κ3) is 1.61. The maximum absolute atomic E-state index is 10.6. The normalized spacial score (nSPS) is 9.92. The topological polar surface area (TPSA) is 37.3 Å². The molecule has 0 spiro atoms. The van der Waals surface area contributed by atoms with Crippen LogP contribution in [0.4, 0.5) is 0 Å². The van der Waals surface area contributed by atoms with Gasteiger partial charge in [0.1, 0.15) is 0 Å². The first-order chi connectivity index (χ1) is 5.52. The predicted molar refractivity (Wildman–Crippen MR) is 50.1 cm³/mol. The SMILES string of the molecule is Cc1cc(C(=O)O)cc(S)c1C. The summed E-state index contributed by atoms with van der Waals surface area (Å²) in [5.41, 5.74) is 2.28.